The van der Waals surface area contributed by atoms with E-state index in [1.165, 1.54) is 24.3 Å². The zero-order valence-corrected chi connectivity index (χ0v) is 13.5. The van der Waals surface area contributed by atoms with Gasteiger partial charge in [0.25, 0.3) is 5.91 Å². The Kier molecular flexibility index (Phi) is 4.37. The minimum Gasteiger partial charge on any atom is -0.351 e. The molecule has 23 heavy (non-hydrogen) atoms. The van der Waals surface area contributed by atoms with Gasteiger partial charge in [-0.1, -0.05) is 6.42 Å². The lowest BCUT2D eigenvalue weighted by Crippen LogP contribution is -2.55. The van der Waals surface area contributed by atoms with Gasteiger partial charge in [-0.05, 0) is 50.5 Å². The van der Waals surface area contributed by atoms with E-state index in [1.54, 1.807) is 0 Å². The summed E-state index contributed by atoms with van der Waals surface area (Å²) in [5.74, 6) is -0.287. The second-order valence-electron chi connectivity index (χ2n) is 6.64. The molecule has 2 aliphatic rings. The van der Waals surface area contributed by atoms with Crippen LogP contribution in [0.1, 0.15) is 49.4 Å². The number of nitrogens with zero attached hydrogens (tertiary/aromatic N) is 1. The van der Waals surface area contributed by atoms with Gasteiger partial charge in [0.2, 0.25) is 5.91 Å². The van der Waals surface area contributed by atoms with E-state index in [-0.39, 0.29) is 29.1 Å². The molecule has 1 saturated heterocycles. The van der Waals surface area contributed by atoms with Crippen LogP contribution < -0.4 is 5.32 Å². The molecular weight excluding hydrogens is 295 g/mol. The number of benzene rings is 1. The number of rotatable bonds is 4. The summed E-state index contributed by atoms with van der Waals surface area (Å²) in [4.78, 5) is 26.4. The van der Waals surface area contributed by atoms with E-state index in [1.807, 2.05) is 11.8 Å². The van der Waals surface area contributed by atoms with Crippen LogP contribution in [0.15, 0.2) is 24.3 Å². The smallest absolute Gasteiger partial charge is 0.251 e. The van der Waals surface area contributed by atoms with Gasteiger partial charge in [0.1, 0.15) is 5.82 Å². The Balaban J connectivity index is 1.70. The lowest BCUT2D eigenvalue weighted by Gasteiger charge is -2.46. The number of hydrogen-bond donors (Lipinski definition) is 1. The van der Waals surface area contributed by atoms with Gasteiger partial charge in [-0.3, -0.25) is 9.59 Å². The normalized spacial score (nSPS) is 27.0. The SMILES string of the molecule is CCN1C(=O)CCC2(CNC(=O)c3ccc(F)cc3)CCCC12. The van der Waals surface area contributed by atoms with Gasteiger partial charge in [0, 0.05) is 36.5 Å². The van der Waals surface area contributed by atoms with Crippen LogP contribution >= 0.6 is 0 Å². The van der Waals surface area contributed by atoms with Crippen molar-refractivity contribution >= 4 is 11.8 Å². The Morgan fingerprint density at radius 1 is 1.35 bits per heavy atom. The van der Waals surface area contributed by atoms with Gasteiger partial charge in [0.05, 0.1) is 0 Å². The third-order valence-electron chi connectivity index (χ3n) is 5.44. The highest BCUT2D eigenvalue weighted by Crippen LogP contribution is 2.47. The van der Waals surface area contributed by atoms with Gasteiger partial charge in [0.15, 0.2) is 0 Å². The fourth-order valence-electron chi connectivity index (χ4n) is 4.22. The zero-order chi connectivity index (χ0) is 16.4. The molecule has 2 fully saturated rings. The predicted octanol–water partition coefficient (Wildman–Crippen LogP) is 2.74. The molecule has 0 radical (unpaired) electrons. The first-order valence-electron chi connectivity index (χ1n) is 8.39. The fraction of sp³-hybridized carbons (Fsp3) is 0.556. The Hall–Kier alpha value is -1.91. The van der Waals surface area contributed by atoms with Crippen molar-refractivity contribution in [1.29, 1.82) is 0 Å². The van der Waals surface area contributed by atoms with Gasteiger partial charge in [-0.2, -0.15) is 0 Å². The van der Waals surface area contributed by atoms with E-state index in [4.69, 9.17) is 0 Å². The molecule has 1 heterocycles. The van der Waals surface area contributed by atoms with E-state index in [0.717, 1.165) is 32.2 Å². The molecule has 5 heteroatoms. The number of nitrogens with one attached hydrogen (secondary N) is 1. The molecule has 1 aromatic carbocycles. The minimum atomic E-state index is -0.347. The maximum atomic E-state index is 13.0. The molecule has 0 bridgehead atoms. The second-order valence-corrected chi connectivity index (χ2v) is 6.64. The van der Waals surface area contributed by atoms with E-state index in [0.29, 0.717) is 18.5 Å². The van der Waals surface area contributed by atoms with Crippen molar-refractivity contribution in [3.05, 3.63) is 35.6 Å². The van der Waals surface area contributed by atoms with Gasteiger partial charge in [-0.15, -0.1) is 0 Å². The lowest BCUT2D eigenvalue weighted by molar-refractivity contribution is -0.141. The van der Waals surface area contributed by atoms with Crippen LogP contribution in [-0.2, 0) is 4.79 Å². The van der Waals surface area contributed by atoms with Crippen LogP contribution in [0, 0.1) is 11.2 Å². The summed E-state index contributed by atoms with van der Waals surface area (Å²) in [5.41, 5.74) is 0.469. The largest absolute Gasteiger partial charge is 0.351 e. The number of halogens is 1. The summed E-state index contributed by atoms with van der Waals surface area (Å²) in [5, 5.41) is 3.01. The number of amides is 2. The molecule has 4 nitrogen and oxygen atoms in total. The highest BCUT2D eigenvalue weighted by molar-refractivity contribution is 5.94. The third-order valence-corrected chi connectivity index (χ3v) is 5.44. The van der Waals surface area contributed by atoms with Crippen LogP contribution in [0.5, 0.6) is 0 Å². The molecule has 2 unspecified atom stereocenters. The van der Waals surface area contributed by atoms with Crippen LogP contribution in [0.4, 0.5) is 4.39 Å². The maximum absolute atomic E-state index is 13.0. The summed E-state index contributed by atoms with van der Waals surface area (Å²) in [6.07, 6.45) is 4.57. The van der Waals surface area contributed by atoms with Crippen LogP contribution in [0.3, 0.4) is 0 Å². The zero-order valence-electron chi connectivity index (χ0n) is 13.5. The maximum Gasteiger partial charge on any atom is 0.251 e. The van der Waals surface area contributed by atoms with Crippen molar-refractivity contribution < 1.29 is 14.0 Å². The topological polar surface area (TPSA) is 49.4 Å². The summed E-state index contributed by atoms with van der Waals surface area (Å²) in [7, 11) is 0. The summed E-state index contributed by atoms with van der Waals surface area (Å²) in [6, 6.07) is 5.82. The highest BCUT2D eigenvalue weighted by Gasteiger charge is 2.49. The van der Waals surface area contributed by atoms with Crippen LogP contribution in [0.2, 0.25) is 0 Å². The van der Waals surface area contributed by atoms with Gasteiger partial charge >= 0.3 is 0 Å². The Labute approximate surface area is 136 Å². The van der Waals surface area contributed by atoms with E-state index < -0.39 is 0 Å². The van der Waals surface area contributed by atoms with Crippen molar-refractivity contribution in [3.63, 3.8) is 0 Å². The number of likely N-dealkylation sites (tertiary alicyclic amines) is 1. The molecule has 2 atom stereocenters. The second kappa shape index (κ2) is 6.30. The lowest BCUT2D eigenvalue weighted by atomic mass is 9.74. The quantitative estimate of drug-likeness (QED) is 0.928. The van der Waals surface area contributed by atoms with Gasteiger partial charge < -0.3 is 10.2 Å². The van der Waals surface area contributed by atoms with Crippen molar-refractivity contribution in [2.75, 3.05) is 13.1 Å². The Morgan fingerprint density at radius 3 is 2.78 bits per heavy atom. The number of hydrogen-bond acceptors (Lipinski definition) is 2. The first kappa shape index (κ1) is 16.0. The number of carbonyl (C=O) groups excluding carboxylic acids is 2. The van der Waals surface area contributed by atoms with Crippen molar-refractivity contribution in [3.8, 4) is 0 Å². The molecule has 0 aromatic heterocycles. The molecule has 1 N–H and O–H groups in total. The first-order valence-corrected chi connectivity index (χ1v) is 8.39. The van der Waals surface area contributed by atoms with Crippen LogP contribution in [-0.4, -0.2) is 35.8 Å². The number of fused-ring (bicyclic) bond motifs is 1. The average Bonchev–Trinajstić information content (AvgIpc) is 2.98. The average molecular weight is 318 g/mol. The van der Waals surface area contributed by atoms with Crippen LogP contribution in [0.25, 0.3) is 0 Å². The molecule has 1 saturated carbocycles. The molecular formula is C18H23FN2O2. The minimum absolute atomic E-state index is 0.000387. The molecule has 0 spiro atoms. The first-order chi connectivity index (χ1) is 11.1. The molecule has 2 amide bonds. The summed E-state index contributed by atoms with van der Waals surface area (Å²) >= 11 is 0. The summed E-state index contributed by atoms with van der Waals surface area (Å²) in [6.45, 7) is 3.33. The molecule has 124 valence electrons. The van der Waals surface area contributed by atoms with Crippen molar-refractivity contribution in [2.45, 2.75) is 45.1 Å². The standard InChI is InChI=1S/C18H23FN2O2/c1-2-21-15-4-3-10-18(15,11-9-16(21)22)12-20-17(23)13-5-7-14(19)8-6-13/h5-8,15H,2-4,9-12H2,1H3,(H,20,23). The predicted molar refractivity (Wildman–Crippen MR) is 85.4 cm³/mol. The monoisotopic (exact) mass is 318 g/mol. The molecule has 1 aromatic rings. The van der Waals surface area contributed by atoms with E-state index >= 15 is 0 Å². The van der Waals surface area contributed by atoms with Crippen molar-refractivity contribution in [2.24, 2.45) is 5.41 Å². The highest BCUT2D eigenvalue weighted by atomic mass is 19.1. The third kappa shape index (κ3) is 2.96. The number of carbonyl (C=O) groups is 2. The Morgan fingerprint density at radius 2 is 2.09 bits per heavy atom. The fourth-order valence-corrected chi connectivity index (χ4v) is 4.22. The Bertz CT molecular complexity index is 602. The van der Waals surface area contributed by atoms with Gasteiger partial charge in [-0.25, -0.2) is 4.39 Å². The molecule has 1 aliphatic heterocycles. The number of piperidine rings is 1. The van der Waals surface area contributed by atoms with Crippen molar-refractivity contribution in [1.82, 2.24) is 10.2 Å². The summed E-state index contributed by atoms with van der Waals surface area (Å²) < 4.78 is 13.0. The molecule has 1 aliphatic carbocycles. The molecule has 3 rings (SSSR count). The van der Waals surface area contributed by atoms with E-state index in [2.05, 4.69) is 5.32 Å². The van der Waals surface area contributed by atoms with E-state index in [9.17, 15) is 14.0 Å².